The molecule has 46 heavy (non-hydrogen) atoms. The molecule has 0 aliphatic heterocycles. The zero-order chi connectivity index (χ0) is 31.9. The predicted octanol–water partition coefficient (Wildman–Crippen LogP) is 11.3. The number of aryl methyl sites for hydroxylation is 6. The fraction of sp³-hybridized carbons (Fsp3) is 0.140. The molecule has 3 heteroatoms. The Morgan fingerprint density at radius 1 is 0.413 bits per heavy atom. The lowest BCUT2D eigenvalue weighted by atomic mass is 9.95. The Labute approximate surface area is 269 Å². The van der Waals surface area contributed by atoms with Crippen LogP contribution in [0.25, 0.3) is 66.1 Å². The summed E-state index contributed by atoms with van der Waals surface area (Å²) in [6, 6.07) is 40.3. The second-order valence-corrected chi connectivity index (χ2v) is 13.1. The number of nitriles is 1. The molecule has 6 aromatic carbocycles. The second kappa shape index (κ2) is 10.2. The third-order valence-electron chi connectivity index (χ3n) is 9.37. The average Bonchev–Trinajstić information content (AvgIpc) is 3.51. The zero-order valence-corrected chi connectivity index (χ0v) is 27.2. The molecule has 0 radical (unpaired) electrons. The minimum Gasteiger partial charge on any atom is -0.308 e. The zero-order valence-electron chi connectivity index (χ0n) is 27.2. The molecule has 0 unspecified atom stereocenters. The van der Waals surface area contributed by atoms with E-state index < -0.39 is 0 Å². The minimum absolute atomic E-state index is 0.626. The van der Waals surface area contributed by atoms with Gasteiger partial charge in [-0.05, 0) is 108 Å². The van der Waals surface area contributed by atoms with E-state index in [4.69, 9.17) is 0 Å². The van der Waals surface area contributed by atoms with E-state index in [1.165, 1.54) is 54.9 Å². The first-order chi connectivity index (χ1) is 22.2. The predicted molar refractivity (Wildman–Crippen MR) is 194 cm³/mol. The van der Waals surface area contributed by atoms with Crippen molar-refractivity contribution in [2.75, 3.05) is 0 Å². The van der Waals surface area contributed by atoms with Crippen LogP contribution in [0.5, 0.6) is 0 Å². The molecule has 0 N–H and O–H groups in total. The molecule has 0 fully saturated rings. The van der Waals surface area contributed by atoms with Gasteiger partial charge in [-0.15, -0.1) is 0 Å². The maximum atomic E-state index is 10.6. The third kappa shape index (κ3) is 4.25. The smallest absolute Gasteiger partial charge is 0.0993 e. The van der Waals surface area contributed by atoms with Crippen molar-refractivity contribution in [1.29, 1.82) is 5.26 Å². The fourth-order valence-corrected chi connectivity index (χ4v) is 7.46. The van der Waals surface area contributed by atoms with Gasteiger partial charge in [0.05, 0.1) is 45.1 Å². The molecule has 2 aromatic heterocycles. The topological polar surface area (TPSA) is 33.6 Å². The maximum Gasteiger partial charge on any atom is 0.0993 e. The van der Waals surface area contributed by atoms with Gasteiger partial charge in [0.15, 0.2) is 0 Å². The van der Waals surface area contributed by atoms with Gasteiger partial charge in [-0.3, -0.25) is 0 Å². The lowest BCUT2D eigenvalue weighted by Crippen LogP contribution is -2.05. The Balaban J connectivity index is 1.62. The summed E-state index contributed by atoms with van der Waals surface area (Å²) in [6.45, 7) is 12.9. The number of hydrogen-bond acceptors (Lipinski definition) is 1. The summed E-state index contributed by atoms with van der Waals surface area (Å²) in [5.74, 6) is 0. The summed E-state index contributed by atoms with van der Waals surface area (Å²) in [5.41, 5.74) is 16.7. The van der Waals surface area contributed by atoms with Gasteiger partial charge in [-0.1, -0.05) is 75.8 Å². The van der Waals surface area contributed by atoms with Crippen LogP contribution >= 0.6 is 0 Å². The van der Waals surface area contributed by atoms with Crippen molar-refractivity contribution < 1.29 is 0 Å². The van der Waals surface area contributed by atoms with Crippen molar-refractivity contribution in [2.24, 2.45) is 0 Å². The largest absolute Gasteiger partial charge is 0.308 e. The summed E-state index contributed by atoms with van der Waals surface area (Å²) in [6.07, 6.45) is 0. The van der Waals surface area contributed by atoms with Crippen LogP contribution in [0, 0.1) is 52.9 Å². The fourth-order valence-electron chi connectivity index (χ4n) is 7.46. The summed E-state index contributed by atoms with van der Waals surface area (Å²) in [5, 5.41) is 15.4. The van der Waals surface area contributed by atoms with E-state index in [-0.39, 0.29) is 0 Å². The van der Waals surface area contributed by atoms with Crippen molar-refractivity contribution in [1.82, 2.24) is 9.13 Å². The van der Waals surface area contributed by atoms with E-state index in [2.05, 4.69) is 160 Å². The Morgan fingerprint density at radius 3 is 1.09 bits per heavy atom. The van der Waals surface area contributed by atoms with Gasteiger partial charge in [-0.2, -0.15) is 5.26 Å². The van der Waals surface area contributed by atoms with Crippen LogP contribution < -0.4 is 0 Å². The molecule has 222 valence electrons. The van der Waals surface area contributed by atoms with Gasteiger partial charge in [-0.25, -0.2) is 0 Å². The highest BCUT2D eigenvalue weighted by molar-refractivity contribution is 6.12. The normalized spacial score (nSPS) is 11.7. The molecular formula is C43H35N3. The third-order valence-corrected chi connectivity index (χ3v) is 9.37. The molecule has 0 atom stereocenters. The highest BCUT2D eigenvalue weighted by atomic mass is 15.0. The number of rotatable bonds is 3. The van der Waals surface area contributed by atoms with Gasteiger partial charge in [0.25, 0.3) is 0 Å². The Bertz CT molecular complexity index is 2320. The average molecular weight is 594 g/mol. The Morgan fingerprint density at radius 2 is 0.761 bits per heavy atom. The summed E-state index contributed by atoms with van der Waals surface area (Å²) >= 11 is 0. The van der Waals surface area contributed by atoms with Crippen LogP contribution in [0.1, 0.15) is 38.9 Å². The van der Waals surface area contributed by atoms with Gasteiger partial charge in [0.2, 0.25) is 0 Å². The van der Waals surface area contributed by atoms with Crippen molar-refractivity contribution in [2.45, 2.75) is 41.5 Å². The highest BCUT2D eigenvalue weighted by Gasteiger charge is 2.23. The van der Waals surface area contributed by atoms with Crippen LogP contribution in [0.3, 0.4) is 0 Å². The van der Waals surface area contributed by atoms with Gasteiger partial charge in [0.1, 0.15) is 0 Å². The lowest BCUT2D eigenvalue weighted by molar-refractivity contribution is 1.13. The van der Waals surface area contributed by atoms with Crippen LogP contribution in [0.15, 0.2) is 103 Å². The number of aromatic nitrogens is 2. The standard InChI is InChI=1S/C43H35N3/c1-25-7-11-37-33(18-25)34-19-26(2)8-12-38(34)45(37)41-22-31(24-44)23-42(43(41)32-16-29(5)15-30(6)17-32)46-39-13-9-27(3)20-35(39)36-21-28(4)10-14-40(36)46/h7-23H,1-6H3. The molecule has 0 spiro atoms. The van der Waals surface area contributed by atoms with Crippen molar-refractivity contribution >= 4 is 43.6 Å². The van der Waals surface area contributed by atoms with Crippen molar-refractivity contribution in [3.8, 4) is 28.6 Å². The molecule has 0 bridgehead atoms. The van der Waals surface area contributed by atoms with E-state index >= 15 is 0 Å². The minimum atomic E-state index is 0.626. The molecule has 2 heterocycles. The van der Waals surface area contributed by atoms with Gasteiger partial charge in [0, 0.05) is 27.1 Å². The molecule has 0 saturated carbocycles. The first-order valence-corrected chi connectivity index (χ1v) is 15.9. The quantitative estimate of drug-likeness (QED) is 0.201. The molecule has 3 nitrogen and oxygen atoms in total. The lowest BCUT2D eigenvalue weighted by Gasteiger charge is -2.21. The van der Waals surface area contributed by atoms with E-state index in [0.29, 0.717) is 5.56 Å². The summed E-state index contributed by atoms with van der Waals surface area (Å²) in [7, 11) is 0. The Kier molecular flexibility index (Phi) is 6.21. The van der Waals surface area contributed by atoms with Crippen LogP contribution in [0.2, 0.25) is 0 Å². The Hall–Kier alpha value is -5.59. The van der Waals surface area contributed by atoms with Gasteiger partial charge < -0.3 is 9.13 Å². The second-order valence-electron chi connectivity index (χ2n) is 13.1. The highest BCUT2D eigenvalue weighted by Crippen LogP contribution is 2.43. The molecular weight excluding hydrogens is 558 g/mol. The van der Waals surface area contributed by atoms with E-state index in [1.807, 2.05) is 0 Å². The van der Waals surface area contributed by atoms with E-state index in [1.54, 1.807) is 0 Å². The van der Waals surface area contributed by atoms with E-state index in [9.17, 15) is 5.26 Å². The van der Waals surface area contributed by atoms with E-state index in [0.717, 1.165) is 44.6 Å². The molecule has 0 amide bonds. The first-order valence-electron chi connectivity index (χ1n) is 15.9. The maximum absolute atomic E-state index is 10.6. The van der Waals surface area contributed by atoms with Gasteiger partial charge >= 0.3 is 0 Å². The number of benzene rings is 6. The summed E-state index contributed by atoms with van der Waals surface area (Å²) < 4.78 is 4.76. The first kappa shape index (κ1) is 27.9. The SMILES string of the molecule is Cc1cc(C)cc(-c2c(-n3c4ccc(C)cc4c4cc(C)ccc43)cc(C#N)cc2-n2c3ccc(C)cc3c3cc(C)ccc32)c1. The van der Waals surface area contributed by atoms with Crippen LogP contribution in [0.4, 0.5) is 0 Å². The summed E-state index contributed by atoms with van der Waals surface area (Å²) in [4.78, 5) is 0. The molecule has 0 saturated heterocycles. The molecule has 8 rings (SSSR count). The molecule has 0 aliphatic carbocycles. The van der Waals surface area contributed by atoms with Crippen molar-refractivity contribution in [3.05, 3.63) is 142 Å². The van der Waals surface area contributed by atoms with Crippen LogP contribution in [-0.4, -0.2) is 9.13 Å². The van der Waals surface area contributed by atoms with Crippen LogP contribution in [-0.2, 0) is 0 Å². The number of fused-ring (bicyclic) bond motifs is 6. The number of nitrogens with zero attached hydrogens (tertiary/aromatic N) is 3. The monoisotopic (exact) mass is 593 g/mol. The molecule has 8 aromatic rings. The number of hydrogen-bond donors (Lipinski definition) is 0. The van der Waals surface area contributed by atoms with Crippen molar-refractivity contribution in [3.63, 3.8) is 0 Å². The molecule has 0 aliphatic rings.